The Hall–Kier alpha value is -1.22. The van der Waals surface area contributed by atoms with Crippen molar-refractivity contribution in [1.29, 1.82) is 0 Å². The third kappa shape index (κ3) is 3.03. The number of phenols is 1. The zero-order valence-corrected chi connectivity index (χ0v) is 13.3. The molecule has 0 saturated carbocycles. The molecule has 0 spiro atoms. The average molecular weight is 322 g/mol. The maximum atomic E-state index is 9.87. The van der Waals surface area contributed by atoms with Crippen LogP contribution in [0.5, 0.6) is 5.75 Å². The normalized spacial score (nSPS) is 17.6. The van der Waals surface area contributed by atoms with E-state index in [2.05, 4.69) is 11.4 Å². The van der Waals surface area contributed by atoms with E-state index in [-0.39, 0.29) is 6.04 Å². The zero-order chi connectivity index (χ0) is 15.0. The summed E-state index contributed by atoms with van der Waals surface area (Å²) in [6, 6.07) is 9.99. The minimum absolute atomic E-state index is 0.241. The molecule has 21 heavy (non-hydrogen) atoms. The molecule has 0 aliphatic carbocycles. The molecule has 0 fully saturated rings. The summed E-state index contributed by atoms with van der Waals surface area (Å²) in [5.74, 6) is 0.379. The highest BCUT2D eigenvalue weighted by Crippen LogP contribution is 2.32. The molecule has 1 unspecified atom stereocenters. The highest BCUT2D eigenvalue weighted by molar-refractivity contribution is 6.42. The first-order chi connectivity index (χ1) is 10.0. The maximum Gasteiger partial charge on any atom is 0.118 e. The summed E-state index contributed by atoms with van der Waals surface area (Å²) in [5.41, 5.74) is 4.56. The molecule has 0 amide bonds. The second-order valence-corrected chi connectivity index (χ2v) is 6.36. The van der Waals surface area contributed by atoms with Crippen LogP contribution < -0.4 is 5.32 Å². The van der Waals surface area contributed by atoms with Crippen LogP contribution in [-0.2, 0) is 12.8 Å². The van der Waals surface area contributed by atoms with Crippen LogP contribution in [0.2, 0.25) is 10.0 Å². The fraction of sp³-hybridized carbons (Fsp3) is 0.294. The molecule has 1 aliphatic rings. The first kappa shape index (κ1) is 14.7. The summed E-state index contributed by atoms with van der Waals surface area (Å²) in [6.07, 6.45) is 1.80. The van der Waals surface area contributed by atoms with E-state index in [1.807, 2.05) is 31.2 Å². The van der Waals surface area contributed by atoms with E-state index in [1.165, 1.54) is 11.1 Å². The minimum atomic E-state index is 0.241. The van der Waals surface area contributed by atoms with Crippen molar-refractivity contribution in [3.8, 4) is 5.75 Å². The van der Waals surface area contributed by atoms with Gasteiger partial charge in [0.25, 0.3) is 0 Å². The second kappa shape index (κ2) is 5.88. The molecule has 2 nitrogen and oxygen atoms in total. The van der Waals surface area contributed by atoms with E-state index in [9.17, 15) is 5.11 Å². The van der Waals surface area contributed by atoms with E-state index in [0.717, 1.165) is 30.5 Å². The number of aryl methyl sites for hydroxylation is 1. The molecule has 4 heteroatoms. The van der Waals surface area contributed by atoms with Gasteiger partial charge in [-0.3, -0.25) is 0 Å². The van der Waals surface area contributed by atoms with Crippen LogP contribution in [0.3, 0.4) is 0 Å². The highest BCUT2D eigenvalue weighted by Gasteiger charge is 2.21. The van der Waals surface area contributed by atoms with Crippen molar-refractivity contribution in [1.82, 2.24) is 5.32 Å². The largest absolute Gasteiger partial charge is 0.508 e. The smallest absolute Gasteiger partial charge is 0.118 e. The Morgan fingerprint density at radius 2 is 2.00 bits per heavy atom. The number of aromatic hydroxyl groups is 1. The Morgan fingerprint density at radius 1 is 1.19 bits per heavy atom. The van der Waals surface area contributed by atoms with Crippen LogP contribution in [0.1, 0.15) is 28.3 Å². The van der Waals surface area contributed by atoms with Crippen molar-refractivity contribution in [2.45, 2.75) is 25.8 Å². The quantitative estimate of drug-likeness (QED) is 0.857. The summed E-state index contributed by atoms with van der Waals surface area (Å²) in [7, 11) is 0. The van der Waals surface area contributed by atoms with Crippen LogP contribution in [0.25, 0.3) is 0 Å². The van der Waals surface area contributed by atoms with Gasteiger partial charge in [-0.05, 0) is 66.8 Å². The van der Waals surface area contributed by atoms with Gasteiger partial charge in [0.05, 0.1) is 10.0 Å². The minimum Gasteiger partial charge on any atom is -0.508 e. The van der Waals surface area contributed by atoms with Crippen LogP contribution in [0.4, 0.5) is 0 Å². The topological polar surface area (TPSA) is 32.3 Å². The van der Waals surface area contributed by atoms with E-state index >= 15 is 0 Å². The van der Waals surface area contributed by atoms with Crippen LogP contribution in [-0.4, -0.2) is 11.7 Å². The SMILES string of the molecule is Cc1cc2c(cc1O)CCNC2Cc1ccc(Cl)c(Cl)c1. The van der Waals surface area contributed by atoms with Gasteiger partial charge in [0.2, 0.25) is 0 Å². The summed E-state index contributed by atoms with van der Waals surface area (Å²) < 4.78 is 0. The standard InChI is InChI=1S/C17H17Cl2NO/c1-10-6-13-12(9-17(10)21)4-5-20-16(13)8-11-2-3-14(18)15(19)7-11/h2-3,6-7,9,16,20-21H,4-5,8H2,1H3. The van der Waals surface area contributed by atoms with E-state index < -0.39 is 0 Å². The van der Waals surface area contributed by atoms with Crippen molar-refractivity contribution >= 4 is 23.2 Å². The third-order valence-electron chi connectivity index (χ3n) is 4.04. The summed E-state index contributed by atoms with van der Waals surface area (Å²) in [4.78, 5) is 0. The van der Waals surface area contributed by atoms with Gasteiger partial charge in [0, 0.05) is 6.04 Å². The molecule has 0 saturated heterocycles. The van der Waals surface area contributed by atoms with E-state index in [4.69, 9.17) is 23.2 Å². The van der Waals surface area contributed by atoms with Gasteiger partial charge in [-0.2, -0.15) is 0 Å². The van der Waals surface area contributed by atoms with Gasteiger partial charge in [-0.1, -0.05) is 35.3 Å². The first-order valence-electron chi connectivity index (χ1n) is 7.04. The van der Waals surface area contributed by atoms with Gasteiger partial charge >= 0.3 is 0 Å². The first-order valence-corrected chi connectivity index (χ1v) is 7.80. The number of nitrogens with one attached hydrogen (secondary N) is 1. The van der Waals surface area contributed by atoms with Crippen LogP contribution in [0.15, 0.2) is 30.3 Å². The highest BCUT2D eigenvalue weighted by atomic mass is 35.5. The fourth-order valence-corrected chi connectivity index (χ4v) is 3.20. The van der Waals surface area contributed by atoms with Crippen LogP contribution >= 0.6 is 23.2 Å². The number of benzene rings is 2. The molecule has 3 rings (SSSR count). The van der Waals surface area contributed by atoms with Gasteiger partial charge in [-0.15, -0.1) is 0 Å². The molecule has 0 radical (unpaired) electrons. The van der Waals surface area contributed by atoms with Gasteiger partial charge in [0.15, 0.2) is 0 Å². The Morgan fingerprint density at radius 3 is 2.76 bits per heavy atom. The molecule has 2 aromatic rings. The molecule has 0 aromatic heterocycles. The predicted octanol–water partition coefficient (Wildman–Crippen LogP) is 4.44. The van der Waals surface area contributed by atoms with Crippen molar-refractivity contribution in [3.05, 3.63) is 62.6 Å². The number of hydrogen-bond acceptors (Lipinski definition) is 2. The Balaban J connectivity index is 1.91. The molecular formula is C17H17Cl2NO. The molecule has 1 aliphatic heterocycles. The lowest BCUT2D eigenvalue weighted by Gasteiger charge is -2.28. The summed E-state index contributed by atoms with van der Waals surface area (Å²) >= 11 is 12.1. The Labute approximate surface area is 134 Å². The second-order valence-electron chi connectivity index (χ2n) is 5.55. The lowest BCUT2D eigenvalue weighted by Crippen LogP contribution is -2.31. The fourth-order valence-electron chi connectivity index (χ4n) is 2.88. The van der Waals surface area contributed by atoms with E-state index in [1.54, 1.807) is 0 Å². The van der Waals surface area contributed by atoms with Crippen molar-refractivity contribution in [2.24, 2.45) is 0 Å². The number of fused-ring (bicyclic) bond motifs is 1. The Bertz CT molecular complexity index is 685. The van der Waals surface area contributed by atoms with Gasteiger partial charge in [-0.25, -0.2) is 0 Å². The predicted molar refractivity (Wildman–Crippen MR) is 87.5 cm³/mol. The van der Waals surface area contributed by atoms with Gasteiger partial charge < -0.3 is 10.4 Å². The molecule has 2 aromatic carbocycles. The molecular weight excluding hydrogens is 305 g/mol. The van der Waals surface area contributed by atoms with Crippen LogP contribution in [0, 0.1) is 6.92 Å². The summed E-state index contributed by atoms with van der Waals surface area (Å²) in [5, 5.41) is 14.6. The molecule has 1 atom stereocenters. The van der Waals surface area contributed by atoms with Gasteiger partial charge in [0.1, 0.15) is 5.75 Å². The lowest BCUT2D eigenvalue weighted by molar-refractivity contribution is 0.462. The van der Waals surface area contributed by atoms with Crippen molar-refractivity contribution < 1.29 is 5.11 Å². The number of rotatable bonds is 2. The third-order valence-corrected chi connectivity index (χ3v) is 4.78. The molecule has 110 valence electrons. The average Bonchev–Trinajstić information content (AvgIpc) is 2.45. The molecule has 1 heterocycles. The number of halogens is 2. The molecule has 0 bridgehead atoms. The number of phenolic OH excluding ortho intramolecular Hbond substituents is 1. The lowest BCUT2D eigenvalue weighted by atomic mass is 9.89. The van der Waals surface area contributed by atoms with Crippen molar-refractivity contribution in [2.75, 3.05) is 6.54 Å². The monoisotopic (exact) mass is 321 g/mol. The van der Waals surface area contributed by atoms with E-state index in [0.29, 0.717) is 15.8 Å². The zero-order valence-electron chi connectivity index (χ0n) is 11.8. The maximum absolute atomic E-state index is 9.87. The molecule has 2 N–H and O–H groups in total. The summed E-state index contributed by atoms with van der Waals surface area (Å²) in [6.45, 7) is 2.85. The van der Waals surface area contributed by atoms with Crippen molar-refractivity contribution in [3.63, 3.8) is 0 Å². The Kier molecular flexibility index (Phi) is 4.12. The number of hydrogen-bond donors (Lipinski definition) is 2.